The molecule has 1 saturated carbocycles. The Kier molecular flexibility index (Phi) is 2.67. The maximum absolute atomic E-state index is 11.0. The van der Waals surface area contributed by atoms with Gasteiger partial charge >= 0.3 is 5.97 Å². The number of hydrogen-bond acceptors (Lipinski definition) is 2. The predicted molar refractivity (Wildman–Crippen MR) is 64.7 cm³/mol. The fourth-order valence-corrected chi connectivity index (χ4v) is 3.88. The summed E-state index contributed by atoms with van der Waals surface area (Å²) in [6.07, 6.45) is 2.19. The normalized spacial score (nSPS) is 19.9. The summed E-state index contributed by atoms with van der Waals surface area (Å²) >= 11 is 4.67. The van der Waals surface area contributed by atoms with E-state index in [-0.39, 0.29) is 0 Å². The van der Waals surface area contributed by atoms with E-state index >= 15 is 0 Å². The van der Waals surface area contributed by atoms with Crippen molar-refractivity contribution < 1.29 is 9.90 Å². The van der Waals surface area contributed by atoms with Crippen LogP contribution in [0.25, 0.3) is 0 Å². The van der Waals surface area contributed by atoms with Crippen molar-refractivity contribution in [2.75, 3.05) is 0 Å². The molecule has 1 heterocycles. The first-order valence-corrected chi connectivity index (χ1v) is 6.52. The van der Waals surface area contributed by atoms with Crippen LogP contribution in [-0.2, 0) is 0 Å². The van der Waals surface area contributed by atoms with Gasteiger partial charge in [0.05, 0.1) is 3.79 Å². The Labute approximate surface area is 101 Å². The van der Waals surface area contributed by atoms with E-state index in [0.29, 0.717) is 16.2 Å². The number of carboxylic acids is 1. The van der Waals surface area contributed by atoms with Gasteiger partial charge in [-0.2, -0.15) is 0 Å². The molecular formula is C11H13BrO2S. The third kappa shape index (κ3) is 2.11. The number of aromatic carboxylic acids is 1. The van der Waals surface area contributed by atoms with Gasteiger partial charge in [-0.05, 0) is 51.7 Å². The molecule has 4 heteroatoms. The Hall–Kier alpha value is -0.350. The lowest BCUT2D eigenvalue weighted by molar-refractivity contribution is 0.0696. The molecule has 1 fully saturated rings. The molecular weight excluding hydrogens is 276 g/mol. The van der Waals surface area contributed by atoms with Gasteiger partial charge in [0.25, 0.3) is 0 Å². The van der Waals surface area contributed by atoms with Gasteiger partial charge in [0.15, 0.2) is 0 Å². The van der Waals surface area contributed by atoms with Crippen LogP contribution in [0.3, 0.4) is 0 Å². The average molecular weight is 289 g/mol. The van der Waals surface area contributed by atoms with Crippen LogP contribution < -0.4 is 0 Å². The fraction of sp³-hybridized carbons (Fsp3) is 0.545. The first kappa shape index (κ1) is 11.1. The zero-order valence-corrected chi connectivity index (χ0v) is 11.1. The zero-order chi connectivity index (χ0) is 11.2. The highest BCUT2D eigenvalue weighted by Crippen LogP contribution is 2.52. The topological polar surface area (TPSA) is 37.3 Å². The van der Waals surface area contributed by atoms with Gasteiger partial charge in [-0.15, -0.1) is 11.3 Å². The number of carbonyl (C=O) groups is 1. The molecule has 1 N–H and O–H groups in total. The maximum atomic E-state index is 11.0. The fourth-order valence-electron chi connectivity index (χ4n) is 2.34. The van der Waals surface area contributed by atoms with Gasteiger partial charge < -0.3 is 5.11 Å². The van der Waals surface area contributed by atoms with E-state index in [2.05, 4.69) is 29.8 Å². The second-order valence-electron chi connectivity index (χ2n) is 4.91. The molecule has 0 amide bonds. The number of thiophene rings is 1. The van der Waals surface area contributed by atoms with Crippen molar-refractivity contribution in [1.29, 1.82) is 0 Å². The Balaban J connectivity index is 2.26. The van der Waals surface area contributed by atoms with E-state index in [1.165, 1.54) is 11.3 Å². The van der Waals surface area contributed by atoms with Gasteiger partial charge in [-0.3, -0.25) is 0 Å². The van der Waals surface area contributed by atoms with Gasteiger partial charge in [-0.25, -0.2) is 4.79 Å². The third-order valence-corrected chi connectivity index (χ3v) is 4.60. The van der Waals surface area contributed by atoms with Crippen LogP contribution in [0.2, 0.25) is 0 Å². The summed E-state index contributed by atoms with van der Waals surface area (Å²) in [5, 5.41) is 9.07. The number of halogens is 1. The van der Waals surface area contributed by atoms with Crippen LogP contribution >= 0.6 is 27.3 Å². The first-order chi connectivity index (χ1) is 6.89. The quantitative estimate of drug-likeness (QED) is 0.889. The minimum atomic E-state index is -0.801. The molecule has 1 aromatic heterocycles. The molecule has 0 saturated heterocycles. The van der Waals surface area contributed by atoms with Crippen LogP contribution in [-0.4, -0.2) is 11.1 Å². The molecule has 0 aromatic carbocycles. The molecule has 82 valence electrons. The van der Waals surface area contributed by atoms with Gasteiger partial charge in [0.2, 0.25) is 0 Å². The predicted octanol–water partition coefficient (Wildman–Crippen LogP) is 4.11. The molecule has 1 aliphatic rings. The van der Waals surface area contributed by atoms with E-state index in [4.69, 9.17) is 5.11 Å². The molecule has 2 nitrogen and oxygen atoms in total. The summed E-state index contributed by atoms with van der Waals surface area (Å²) in [5.74, 6) is -0.362. The number of carboxylic acid groups (broad SMARTS) is 1. The minimum absolute atomic E-state index is 0.384. The Morgan fingerprint density at radius 3 is 2.67 bits per heavy atom. The number of hydrogen-bond donors (Lipinski definition) is 1. The standard InChI is InChI=1S/C11H13BrO2S/c1-11(2)4-6(5-11)7-3-8(12)15-9(7)10(13)14/h3,6H,4-5H2,1-2H3,(H,13,14). The number of rotatable bonds is 2. The monoisotopic (exact) mass is 288 g/mol. The average Bonchev–Trinajstić information content (AvgIpc) is 2.42. The molecule has 1 aliphatic carbocycles. The van der Waals surface area contributed by atoms with Crippen molar-refractivity contribution in [3.05, 3.63) is 20.3 Å². The summed E-state index contributed by atoms with van der Waals surface area (Å²) in [6, 6.07) is 1.97. The molecule has 0 aliphatic heterocycles. The summed E-state index contributed by atoms with van der Waals surface area (Å²) in [6.45, 7) is 4.46. The Bertz CT molecular complexity index is 401. The van der Waals surface area contributed by atoms with Crippen molar-refractivity contribution in [3.63, 3.8) is 0 Å². The van der Waals surface area contributed by atoms with Crippen molar-refractivity contribution in [3.8, 4) is 0 Å². The largest absolute Gasteiger partial charge is 0.477 e. The van der Waals surface area contributed by atoms with Crippen LogP contribution in [0.1, 0.15) is 47.8 Å². The van der Waals surface area contributed by atoms with E-state index in [1.54, 1.807) is 0 Å². The molecule has 0 spiro atoms. The molecule has 0 bridgehead atoms. The highest BCUT2D eigenvalue weighted by molar-refractivity contribution is 9.11. The molecule has 1 aromatic rings. The van der Waals surface area contributed by atoms with E-state index in [1.807, 2.05) is 6.07 Å². The van der Waals surface area contributed by atoms with Crippen molar-refractivity contribution in [2.24, 2.45) is 5.41 Å². The van der Waals surface area contributed by atoms with Crippen LogP contribution in [0.15, 0.2) is 9.85 Å². The lowest BCUT2D eigenvalue weighted by Gasteiger charge is -2.42. The van der Waals surface area contributed by atoms with E-state index in [0.717, 1.165) is 22.2 Å². The van der Waals surface area contributed by atoms with Crippen molar-refractivity contribution in [2.45, 2.75) is 32.6 Å². The second kappa shape index (κ2) is 3.59. The summed E-state index contributed by atoms with van der Waals surface area (Å²) < 4.78 is 0.916. The van der Waals surface area contributed by atoms with Crippen molar-refractivity contribution in [1.82, 2.24) is 0 Å². The summed E-state index contributed by atoms with van der Waals surface area (Å²) in [5.41, 5.74) is 1.40. The lowest BCUT2D eigenvalue weighted by atomic mass is 9.62. The summed E-state index contributed by atoms with van der Waals surface area (Å²) in [4.78, 5) is 11.5. The van der Waals surface area contributed by atoms with E-state index in [9.17, 15) is 4.79 Å². The Morgan fingerprint density at radius 1 is 1.60 bits per heavy atom. The highest BCUT2D eigenvalue weighted by Gasteiger charge is 2.39. The van der Waals surface area contributed by atoms with Gasteiger partial charge in [-0.1, -0.05) is 13.8 Å². The smallest absolute Gasteiger partial charge is 0.346 e. The van der Waals surface area contributed by atoms with Crippen molar-refractivity contribution >= 4 is 33.2 Å². The molecule has 0 atom stereocenters. The molecule has 0 unspecified atom stereocenters. The van der Waals surface area contributed by atoms with Crippen LogP contribution in [0.4, 0.5) is 0 Å². The maximum Gasteiger partial charge on any atom is 0.346 e. The van der Waals surface area contributed by atoms with Gasteiger partial charge in [0, 0.05) is 0 Å². The van der Waals surface area contributed by atoms with Crippen LogP contribution in [0.5, 0.6) is 0 Å². The van der Waals surface area contributed by atoms with E-state index < -0.39 is 5.97 Å². The second-order valence-corrected chi connectivity index (χ2v) is 7.34. The highest BCUT2D eigenvalue weighted by atomic mass is 79.9. The van der Waals surface area contributed by atoms with Crippen LogP contribution in [0, 0.1) is 5.41 Å². The molecule has 2 rings (SSSR count). The third-order valence-electron chi connectivity index (χ3n) is 2.96. The first-order valence-electron chi connectivity index (χ1n) is 4.91. The van der Waals surface area contributed by atoms with Gasteiger partial charge in [0.1, 0.15) is 4.88 Å². The lowest BCUT2D eigenvalue weighted by Crippen LogP contribution is -2.30. The minimum Gasteiger partial charge on any atom is -0.477 e. The SMILES string of the molecule is CC1(C)CC(c2cc(Br)sc2C(=O)O)C1. The Morgan fingerprint density at radius 2 is 2.20 bits per heavy atom. The zero-order valence-electron chi connectivity index (χ0n) is 8.71. The molecule has 0 radical (unpaired) electrons. The molecule has 15 heavy (non-hydrogen) atoms. The summed E-state index contributed by atoms with van der Waals surface area (Å²) in [7, 11) is 0.